The molecule has 0 aliphatic carbocycles. The van der Waals surface area contributed by atoms with Crippen LogP contribution in [0.2, 0.25) is 0 Å². The molecule has 1 heterocycles. The molecular formula is C20H34IN5. The zero-order valence-electron chi connectivity index (χ0n) is 16.6. The first-order chi connectivity index (χ1) is 12.2. The molecule has 5 nitrogen and oxygen atoms in total. The molecule has 0 aliphatic heterocycles. The summed E-state index contributed by atoms with van der Waals surface area (Å²) in [7, 11) is 1.83. The van der Waals surface area contributed by atoms with Crippen LogP contribution in [0.4, 0.5) is 0 Å². The van der Waals surface area contributed by atoms with Gasteiger partial charge in [-0.25, -0.2) is 0 Å². The topological polar surface area (TPSA) is 55.4 Å². The SMILES string of the molecule is CCN(CC)CCCNC(=NC)NCCc1c[nH]c2cc(C)ccc12.I. The van der Waals surface area contributed by atoms with Crippen molar-refractivity contribution in [3.63, 3.8) is 0 Å². The van der Waals surface area contributed by atoms with Gasteiger partial charge < -0.3 is 20.5 Å². The summed E-state index contributed by atoms with van der Waals surface area (Å²) in [5.74, 6) is 0.884. The number of nitrogens with zero attached hydrogens (tertiary/aromatic N) is 2. The number of aliphatic imine (C=N–C) groups is 1. The fraction of sp³-hybridized carbons (Fsp3) is 0.550. The van der Waals surface area contributed by atoms with E-state index < -0.39 is 0 Å². The molecule has 26 heavy (non-hydrogen) atoms. The number of H-pyrrole nitrogens is 1. The van der Waals surface area contributed by atoms with Crippen molar-refractivity contribution >= 4 is 40.8 Å². The van der Waals surface area contributed by atoms with Gasteiger partial charge in [-0.05, 0) is 56.6 Å². The van der Waals surface area contributed by atoms with Gasteiger partial charge in [-0.1, -0.05) is 26.0 Å². The van der Waals surface area contributed by atoms with Gasteiger partial charge in [-0.3, -0.25) is 4.99 Å². The molecule has 0 atom stereocenters. The Morgan fingerprint density at radius 1 is 1.15 bits per heavy atom. The number of benzene rings is 1. The predicted octanol–water partition coefficient (Wildman–Crippen LogP) is 3.53. The Morgan fingerprint density at radius 2 is 1.88 bits per heavy atom. The lowest BCUT2D eigenvalue weighted by molar-refractivity contribution is 0.300. The Labute approximate surface area is 175 Å². The first-order valence-electron chi connectivity index (χ1n) is 9.41. The summed E-state index contributed by atoms with van der Waals surface area (Å²) in [6.45, 7) is 11.7. The van der Waals surface area contributed by atoms with Crippen LogP contribution in [0.25, 0.3) is 10.9 Å². The molecule has 0 radical (unpaired) electrons. The van der Waals surface area contributed by atoms with Crippen LogP contribution >= 0.6 is 24.0 Å². The van der Waals surface area contributed by atoms with Gasteiger partial charge >= 0.3 is 0 Å². The molecule has 2 rings (SSSR count). The summed E-state index contributed by atoms with van der Waals surface area (Å²) in [6.07, 6.45) is 4.22. The number of nitrogens with one attached hydrogen (secondary N) is 3. The number of rotatable bonds is 9. The van der Waals surface area contributed by atoms with Crippen LogP contribution in [-0.2, 0) is 6.42 Å². The molecule has 3 N–H and O–H groups in total. The molecule has 0 unspecified atom stereocenters. The van der Waals surface area contributed by atoms with Crippen molar-refractivity contribution in [1.29, 1.82) is 0 Å². The largest absolute Gasteiger partial charge is 0.361 e. The number of aryl methyl sites for hydroxylation is 1. The highest BCUT2D eigenvalue weighted by Crippen LogP contribution is 2.19. The second-order valence-electron chi connectivity index (χ2n) is 6.42. The molecule has 2 aromatic rings. The van der Waals surface area contributed by atoms with Crippen LogP contribution in [0.5, 0.6) is 0 Å². The van der Waals surface area contributed by atoms with E-state index in [4.69, 9.17) is 0 Å². The van der Waals surface area contributed by atoms with E-state index in [1.165, 1.54) is 22.0 Å². The Hall–Kier alpha value is -1.28. The van der Waals surface area contributed by atoms with Crippen LogP contribution < -0.4 is 10.6 Å². The van der Waals surface area contributed by atoms with Crippen molar-refractivity contribution in [3.05, 3.63) is 35.5 Å². The maximum absolute atomic E-state index is 4.31. The van der Waals surface area contributed by atoms with Gasteiger partial charge in [0.1, 0.15) is 0 Å². The highest BCUT2D eigenvalue weighted by molar-refractivity contribution is 14.0. The average Bonchev–Trinajstić information content (AvgIpc) is 3.02. The number of hydrogen-bond acceptors (Lipinski definition) is 2. The van der Waals surface area contributed by atoms with E-state index in [2.05, 4.69) is 70.7 Å². The highest BCUT2D eigenvalue weighted by atomic mass is 127. The van der Waals surface area contributed by atoms with Gasteiger partial charge in [0.15, 0.2) is 5.96 Å². The van der Waals surface area contributed by atoms with Gasteiger partial charge in [-0.2, -0.15) is 0 Å². The summed E-state index contributed by atoms with van der Waals surface area (Å²) in [5, 5.41) is 8.13. The number of hydrogen-bond donors (Lipinski definition) is 3. The summed E-state index contributed by atoms with van der Waals surface area (Å²) in [5.41, 5.74) is 3.85. The predicted molar refractivity (Wildman–Crippen MR) is 124 cm³/mol. The van der Waals surface area contributed by atoms with Crippen LogP contribution in [0.3, 0.4) is 0 Å². The van der Waals surface area contributed by atoms with Crippen molar-refractivity contribution < 1.29 is 0 Å². The van der Waals surface area contributed by atoms with Crippen molar-refractivity contribution in [2.45, 2.75) is 33.6 Å². The Bertz CT molecular complexity index is 676. The standard InChI is InChI=1S/C20H33N5.HI/c1-5-25(6-2)13-7-11-22-20(21-4)23-12-10-17-15-24-19-14-16(3)8-9-18(17)19;/h8-9,14-15,24H,5-7,10-13H2,1-4H3,(H2,21,22,23);1H. The van der Waals surface area contributed by atoms with Crippen molar-refractivity contribution in [3.8, 4) is 0 Å². The van der Waals surface area contributed by atoms with E-state index in [9.17, 15) is 0 Å². The first-order valence-corrected chi connectivity index (χ1v) is 9.41. The third-order valence-corrected chi connectivity index (χ3v) is 4.67. The van der Waals surface area contributed by atoms with Crippen LogP contribution in [0, 0.1) is 6.92 Å². The summed E-state index contributed by atoms with van der Waals surface area (Å²) in [6, 6.07) is 6.57. The molecule has 0 saturated carbocycles. The Morgan fingerprint density at radius 3 is 2.58 bits per heavy atom. The van der Waals surface area contributed by atoms with Crippen LogP contribution in [0.15, 0.2) is 29.4 Å². The van der Waals surface area contributed by atoms with Crippen molar-refractivity contribution in [2.24, 2.45) is 4.99 Å². The molecule has 0 aliphatic rings. The van der Waals surface area contributed by atoms with Gasteiger partial charge in [0.25, 0.3) is 0 Å². The van der Waals surface area contributed by atoms with E-state index >= 15 is 0 Å². The molecular weight excluding hydrogens is 437 g/mol. The minimum Gasteiger partial charge on any atom is -0.361 e. The lowest BCUT2D eigenvalue weighted by Crippen LogP contribution is -2.39. The fourth-order valence-corrected chi connectivity index (χ4v) is 3.09. The fourth-order valence-electron chi connectivity index (χ4n) is 3.09. The summed E-state index contributed by atoms with van der Waals surface area (Å²) >= 11 is 0. The molecule has 1 aromatic heterocycles. The molecule has 0 fully saturated rings. The molecule has 0 spiro atoms. The maximum Gasteiger partial charge on any atom is 0.190 e. The lowest BCUT2D eigenvalue weighted by atomic mass is 10.1. The summed E-state index contributed by atoms with van der Waals surface area (Å²) < 4.78 is 0. The van der Waals surface area contributed by atoms with Gasteiger partial charge in [0, 0.05) is 37.2 Å². The smallest absolute Gasteiger partial charge is 0.190 e. The van der Waals surface area contributed by atoms with E-state index in [1.807, 2.05) is 7.05 Å². The van der Waals surface area contributed by atoms with E-state index in [-0.39, 0.29) is 24.0 Å². The third kappa shape index (κ3) is 6.79. The van der Waals surface area contributed by atoms with Gasteiger partial charge in [0.2, 0.25) is 0 Å². The molecule has 6 heteroatoms. The molecule has 1 aromatic carbocycles. The zero-order valence-corrected chi connectivity index (χ0v) is 18.9. The van der Waals surface area contributed by atoms with Crippen molar-refractivity contribution in [2.75, 3.05) is 39.8 Å². The minimum atomic E-state index is 0. The van der Waals surface area contributed by atoms with Crippen LogP contribution in [0.1, 0.15) is 31.4 Å². The monoisotopic (exact) mass is 471 g/mol. The van der Waals surface area contributed by atoms with Gasteiger partial charge in [0.05, 0.1) is 0 Å². The normalized spacial score (nSPS) is 11.7. The molecule has 0 amide bonds. The number of halogens is 1. The van der Waals surface area contributed by atoms with Gasteiger partial charge in [-0.15, -0.1) is 24.0 Å². The second kappa shape index (κ2) is 12.2. The molecule has 146 valence electrons. The average molecular weight is 471 g/mol. The van der Waals surface area contributed by atoms with E-state index in [1.54, 1.807) is 0 Å². The first kappa shape index (κ1) is 22.8. The molecule has 0 bridgehead atoms. The zero-order chi connectivity index (χ0) is 18.1. The Balaban J connectivity index is 0.00000338. The number of guanidine groups is 1. The number of aromatic amines is 1. The second-order valence-corrected chi connectivity index (χ2v) is 6.42. The maximum atomic E-state index is 4.31. The summed E-state index contributed by atoms with van der Waals surface area (Å²) in [4.78, 5) is 10.1. The minimum absolute atomic E-state index is 0. The quantitative estimate of drug-likeness (QED) is 0.227. The Kier molecular flexibility index (Phi) is 10.7. The highest BCUT2D eigenvalue weighted by Gasteiger charge is 2.04. The third-order valence-electron chi connectivity index (χ3n) is 4.67. The van der Waals surface area contributed by atoms with E-state index in [0.717, 1.165) is 51.5 Å². The number of fused-ring (bicyclic) bond motifs is 1. The van der Waals surface area contributed by atoms with Crippen LogP contribution in [-0.4, -0.2) is 55.6 Å². The van der Waals surface area contributed by atoms with E-state index in [0.29, 0.717) is 0 Å². The number of aromatic nitrogens is 1. The van der Waals surface area contributed by atoms with Crippen molar-refractivity contribution in [1.82, 2.24) is 20.5 Å². The molecule has 0 saturated heterocycles. The lowest BCUT2D eigenvalue weighted by Gasteiger charge is -2.18.